The Balaban J connectivity index is 1.64. The Morgan fingerprint density at radius 2 is 2.11 bits per heavy atom. The molecule has 0 amide bonds. The third-order valence-electron chi connectivity index (χ3n) is 4.90. The van der Waals surface area contributed by atoms with Crippen LogP contribution in [0.4, 0.5) is 5.69 Å². The SMILES string of the molecule is CCCNc1ccc(-n2ncc3c(OC4CCNCC4)ncnc32)c(C)c1. The van der Waals surface area contributed by atoms with Crippen LogP contribution in [0.1, 0.15) is 31.7 Å². The highest BCUT2D eigenvalue weighted by Gasteiger charge is 2.19. The molecule has 0 radical (unpaired) electrons. The van der Waals surface area contributed by atoms with Gasteiger partial charge in [0, 0.05) is 12.2 Å². The van der Waals surface area contributed by atoms with Crippen LogP contribution in [0.2, 0.25) is 0 Å². The summed E-state index contributed by atoms with van der Waals surface area (Å²) < 4.78 is 8.02. The fraction of sp³-hybridized carbons (Fsp3) is 0.450. The number of ether oxygens (including phenoxy) is 1. The van der Waals surface area contributed by atoms with Gasteiger partial charge in [-0.25, -0.2) is 14.6 Å². The highest BCUT2D eigenvalue weighted by molar-refractivity contribution is 5.81. The van der Waals surface area contributed by atoms with Crippen LogP contribution < -0.4 is 15.4 Å². The maximum atomic E-state index is 6.16. The van der Waals surface area contributed by atoms with Gasteiger partial charge < -0.3 is 15.4 Å². The molecule has 7 nitrogen and oxygen atoms in total. The van der Waals surface area contributed by atoms with E-state index in [-0.39, 0.29) is 6.10 Å². The van der Waals surface area contributed by atoms with E-state index >= 15 is 0 Å². The third kappa shape index (κ3) is 3.73. The number of piperidine rings is 1. The normalized spacial score (nSPS) is 15.2. The molecule has 4 rings (SSSR count). The molecule has 1 aliphatic rings. The van der Waals surface area contributed by atoms with Crippen molar-refractivity contribution in [1.82, 2.24) is 25.1 Å². The lowest BCUT2D eigenvalue weighted by Crippen LogP contribution is -2.34. The minimum absolute atomic E-state index is 0.193. The monoisotopic (exact) mass is 366 g/mol. The number of fused-ring (bicyclic) bond motifs is 1. The zero-order chi connectivity index (χ0) is 18.6. The molecule has 27 heavy (non-hydrogen) atoms. The number of anilines is 1. The van der Waals surface area contributed by atoms with Crippen LogP contribution in [-0.4, -0.2) is 45.5 Å². The van der Waals surface area contributed by atoms with Crippen molar-refractivity contribution in [3.8, 4) is 11.6 Å². The first-order chi connectivity index (χ1) is 13.3. The summed E-state index contributed by atoms with van der Waals surface area (Å²) in [5.74, 6) is 0.622. The van der Waals surface area contributed by atoms with Crippen molar-refractivity contribution in [3.63, 3.8) is 0 Å². The van der Waals surface area contributed by atoms with E-state index in [1.54, 1.807) is 12.5 Å². The predicted molar refractivity (Wildman–Crippen MR) is 107 cm³/mol. The smallest absolute Gasteiger partial charge is 0.228 e. The van der Waals surface area contributed by atoms with Crippen molar-refractivity contribution in [3.05, 3.63) is 36.3 Å². The molecule has 142 valence electrons. The summed E-state index contributed by atoms with van der Waals surface area (Å²) in [6.07, 6.45) is 6.63. The van der Waals surface area contributed by atoms with E-state index in [0.717, 1.165) is 66.9 Å². The molecule has 1 aliphatic heterocycles. The van der Waals surface area contributed by atoms with E-state index < -0.39 is 0 Å². The summed E-state index contributed by atoms with van der Waals surface area (Å²) >= 11 is 0. The molecule has 0 saturated carbocycles. The Bertz CT molecular complexity index is 916. The lowest BCUT2D eigenvalue weighted by Gasteiger charge is -2.23. The van der Waals surface area contributed by atoms with E-state index in [9.17, 15) is 0 Å². The first kappa shape index (κ1) is 17.7. The first-order valence-electron chi connectivity index (χ1n) is 9.67. The van der Waals surface area contributed by atoms with Gasteiger partial charge in [-0.2, -0.15) is 5.10 Å². The van der Waals surface area contributed by atoms with E-state index in [1.165, 1.54) is 0 Å². The molecule has 0 spiro atoms. The summed E-state index contributed by atoms with van der Waals surface area (Å²) in [6.45, 7) is 7.18. The summed E-state index contributed by atoms with van der Waals surface area (Å²) in [5.41, 5.74) is 4.05. The van der Waals surface area contributed by atoms with Crippen molar-refractivity contribution < 1.29 is 4.74 Å². The van der Waals surface area contributed by atoms with Gasteiger partial charge in [0.2, 0.25) is 5.88 Å². The van der Waals surface area contributed by atoms with Crippen LogP contribution in [0.15, 0.2) is 30.7 Å². The Morgan fingerprint density at radius 3 is 2.89 bits per heavy atom. The summed E-state index contributed by atoms with van der Waals surface area (Å²) in [6, 6.07) is 6.31. The summed E-state index contributed by atoms with van der Waals surface area (Å²) in [4.78, 5) is 8.83. The van der Waals surface area contributed by atoms with Crippen LogP contribution in [0.5, 0.6) is 5.88 Å². The number of aryl methyl sites for hydroxylation is 1. The van der Waals surface area contributed by atoms with Crippen molar-refractivity contribution >= 4 is 16.7 Å². The molecule has 7 heteroatoms. The number of benzene rings is 1. The lowest BCUT2D eigenvalue weighted by atomic mass is 10.1. The Kier molecular flexibility index (Phi) is 5.20. The first-order valence-corrected chi connectivity index (χ1v) is 9.67. The van der Waals surface area contributed by atoms with Crippen LogP contribution in [-0.2, 0) is 0 Å². The largest absolute Gasteiger partial charge is 0.474 e. The predicted octanol–water partition coefficient (Wildman–Crippen LogP) is 3.08. The molecule has 0 aliphatic carbocycles. The standard InChI is InChI=1S/C20H26N6O/c1-3-8-22-15-4-5-18(14(2)11-15)26-19-17(12-25-26)20(24-13-23-19)27-16-6-9-21-10-7-16/h4-5,11-13,16,21-22H,3,6-10H2,1-2H3. The van der Waals surface area contributed by atoms with E-state index in [1.807, 2.05) is 4.68 Å². The second-order valence-electron chi connectivity index (χ2n) is 6.97. The second kappa shape index (κ2) is 7.92. The zero-order valence-electron chi connectivity index (χ0n) is 15.9. The van der Waals surface area contributed by atoms with E-state index in [4.69, 9.17) is 4.74 Å². The average Bonchev–Trinajstić information content (AvgIpc) is 3.12. The fourth-order valence-corrected chi connectivity index (χ4v) is 3.44. The Hall–Kier alpha value is -2.67. The number of nitrogens with one attached hydrogen (secondary N) is 2. The highest BCUT2D eigenvalue weighted by atomic mass is 16.5. The van der Waals surface area contributed by atoms with Crippen molar-refractivity contribution in [1.29, 1.82) is 0 Å². The molecule has 0 atom stereocenters. The van der Waals surface area contributed by atoms with Gasteiger partial charge in [-0.3, -0.25) is 0 Å². The number of hydrogen-bond acceptors (Lipinski definition) is 6. The molecule has 0 unspecified atom stereocenters. The molecule has 2 N–H and O–H groups in total. The fourth-order valence-electron chi connectivity index (χ4n) is 3.44. The van der Waals surface area contributed by atoms with Crippen molar-refractivity contribution in [2.75, 3.05) is 25.0 Å². The molecule has 3 aromatic rings. The molecule has 1 aromatic carbocycles. The van der Waals surface area contributed by atoms with Crippen molar-refractivity contribution in [2.45, 2.75) is 39.2 Å². The summed E-state index contributed by atoms with van der Waals surface area (Å²) in [7, 11) is 0. The topological polar surface area (TPSA) is 76.9 Å². The van der Waals surface area contributed by atoms with Crippen molar-refractivity contribution in [2.24, 2.45) is 0 Å². The zero-order valence-corrected chi connectivity index (χ0v) is 15.9. The number of rotatable bonds is 6. The van der Waals surface area contributed by atoms with Crippen LogP contribution in [0.3, 0.4) is 0 Å². The van der Waals surface area contributed by atoms with Gasteiger partial charge in [0.1, 0.15) is 17.8 Å². The molecule has 3 heterocycles. The molecular weight excluding hydrogens is 340 g/mol. The maximum Gasteiger partial charge on any atom is 0.228 e. The highest BCUT2D eigenvalue weighted by Crippen LogP contribution is 2.27. The van der Waals surface area contributed by atoms with Crippen LogP contribution >= 0.6 is 0 Å². The average molecular weight is 366 g/mol. The summed E-state index contributed by atoms with van der Waals surface area (Å²) in [5, 5.41) is 12.2. The van der Waals surface area contributed by atoms with Gasteiger partial charge in [-0.05, 0) is 63.0 Å². The van der Waals surface area contributed by atoms with Crippen LogP contribution in [0, 0.1) is 6.92 Å². The second-order valence-corrected chi connectivity index (χ2v) is 6.97. The van der Waals surface area contributed by atoms with Gasteiger partial charge >= 0.3 is 0 Å². The lowest BCUT2D eigenvalue weighted by molar-refractivity contribution is 0.158. The Morgan fingerprint density at radius 1 is 1.26 bits per heavy atom. The van der Waals surface area contributed by atoms with E-state index in [2.05, 4.69) is 57.7 Å². The third-order valence-corrected chi connectivity index (χ3v) is 4.90. The number of aromatic nitrogens is 4. The van der Waals surface area contributed by atoms with E-state index in [0.29, 0.717) is 5.88 Å². The quantitative estimate of drug-likeness (QED) is 0.698. The maximum absolute atomic E-state index is 6.16. The van der Waals surface area contributed by atoms with Gasteiger partial charge in [0.15, 0.2) is 5.65 Å². The number of hydrogen-bond donors (Lipinski definition) is 2. The molecule has 0 bridgehead atoms. The van der Waals surface area contributed by atoms with Gasteiger partial charge in [0.05, 0.1) is 11.9 Å². The van der Waals surface area contributed by atoms with Gasteiger partial charge in [-0.15, -0.1) is 0 Å². The number of nitrogens with zero attached hydrogens (tertiary/aromatic N) is 4. The minimum Gasteiger partial charge on any atom is -0.474 e. The molecule has 1 fully saturated rings. The van der Waals surface area contributed by atoms with Crippen LogP contribution in [0.25, 0.3) is 16.7 Å². The minimum atomic E-state index is 0.193. The molecule has 1 saturated heterocycles. The molecule has 2 aromatic heterocycles. The molecular formula is C20H26N6O. The van der Waals surface area contributed by atoms with Gasteiger partial charge in [0.25, 0.3) is 0 Å². The Labute approximate surface area is 159 Å². The van der Waals surface area contributed by atoms with Gasteiger partial charge in [-0.1, -0.05) is 6.92 Å².